The van der Waals surface area contributed by atoms with Gasteiger partial charge in [-0.2, -0.15) is 0 Å². The molecule has 0 aliphatic rings. The fourth-order valence-corrected chi connectivity index (χ4v) is 0.334. The number of nitrogens with zero attached hydrogens (tertiary/aromatic N) is 1. The zero-order valence-electron chi connectivity index (χ0n) is 8.92. The summed E-state index contributed by atoms with van der Waals surface area (Å²) in [5.74, 6) is 9.70. The number of hydrogen-bond acceptors (Lipinski definition) is 5. The molecule has 0 bridgehead atoms. The van der Waals surface area contributed by atoms with Gasteiger partial charge in [-0.05, 0) is 27.8 Å². The van der Waals surface area contributed by atoms with Crippen LogP contribution in [0.25, 0.3) is 0 Å². The number of carbonyl (C=O) groups is 1. The van der Waals surface area contributed by atoms with E-state index in [1.165, 1.54) is 7.05 Å². The Morgan fingerprint density at radius 1 is 1.46 bits per heavy atom. The molecule has 6 heteroatoms. The van der Waals surface area contributed by atoms with Crippen LogP contribution in [0, 0.1) is 0 Å². The summed E-state index contributed by atoms with van der Waals surface area (Å²) in [6, 6.07) is 0. The molecular formula is C7H20N4O2. The van der Waals surface area contributed by atoms with Gasteiger partial charge in [-0.1, -0.05) is 0 Å². The number of hydrogen-bond donors (Lipinski definition) is 3. The summed E-state index contributed by atoms with van der Waals surface area (Å²) in [6.07, 6.45) is -0.521. The molecule has 5 N–H and O–H groups in total. The molecule has 0 rings (SSSR count). The molecule has 0 fully saturated rings. The van der Waals surface area contributed by atoms with Crippen LogP contribution < -0.4 is 17.1 Å². The summed E-state index contributed by atoms with van der Waals surface area (Å²) < 4.78 is 4.86. The smallest absolute Gasteiger partial charge is 0.424 e. The lowest BCUT2D eigenvalue weighted by atomic mass is 10.2. The van der Waals surface area contributed by atoms with Crippen LogP contribution in [0.5, 0.6) is 0 Å². The Morgan fingerprint density at radius 2 is 1.77 bits per heavy atom. The SMILES string of the molecule is CN(N)C(=O)OC(C)(C)C.CNN. The second-order valence-corrected chi connectivity index (χ2v) is 3.38. The zero-order chi connectivity index (χ0) is 11.1. The normalized spacial score (nSPS) is 9.77. The van der Waals surface area contributed by atoms with Crippen LogP contribution in [0.15, 0.2) is 0 Å². The first-order chi connectivity index (χ1) is 5.74. The third-order valence-electron chi connectivity index (χ3n) is 0.681. The molecule has 0 spiro atoms. The predicted molar refractivity (Wildman–Crippen MR) is 51.4 cm³/mol. The standard InChI is InChI=1S/C6H14N2O2.CH6N2/c1-6(2,3)10-5(9)8(4)7;1-3-2/h7H2,1-4H3;3H,2H2,1H3. The monoisotopic (exact) mass is 192 g/mol. The van der Waals surface area contributed by atoms with Gasteiger partial charge in [0.1, 0.15) is 5.60 Å². The molecule has 0 aromatic rings. The Kier molecular flexibility index (Phi) is 7.49. The van der Waals surface area contributed by atoms with Crippen molar-refractivity contribution in [3.63, 3.8) is 0 Å². The van der Waals surface area contributed by atoms with E-state index in [0.29, 0.717) is 0 Å². The van der Waals surface area contributed by atoms with E-state index in [4.69, 9.17) is 10.6 Å². The van der Waals surface area contributed by atoms with E-state index in [9.17, 15) is 4.79 Å². The van der Waals surface area contributed by atoms with Gasteiger partial charge in [0.05, 0.1) is 0 Å². The molecular weight excluding hydrogens is 172 g/mol. The highest BCUT2D eigenvalue weighted by atomic mass is 16.6. The van der Waals surface area contributed by atoms with Crippen molar-refractivity contribution in [3.8, 4) is 0 Å². The average Bonchev–Trinajstić information content (AvgIpc) is 1.84. The zero-order valence-corrected chi connectivity index (χ0v) is 8.92. The number of ether oxygens (including phenoxy) is 1. The molecule has 0 aliphatic carbocycles. The van der Waals surface area contributed by atoms with Crippen LogP contribution in [0.3, 0.4) is 0 Å². The van der Waals surface area contributed by atoms with Gasteiger partial charge >= 0.3 is 6.09 Å². The van der Waals surface area contributed by atoms with Crippen LogP contribution in [0.4, 0.5) is 4.79 Å². The van der Waals surface area contributed by atoms with E-state index >= 15 is 0 Å². The second kappa shape index (κ2) is 6.64. The fourth-order valence-electron chi connectivity index (χ4n) is 0.334. The average molecular weight is 192 g/mol. The van der Waals surface area contributed by atoms with Crippen molar-refractivity contribution in [1.82, 2.24) is 10.4 Å². The number of nitrogens with one attached hydrogen (secondary N) is 1. The second-order valence-electron chi connectivity index (χ2n) is 3.38. The molecule has 0 aromatic carbocycles. The maximum Gasteiger partial charge on any atom is 0.424 e. The van der Waals surface area contributed by atoms with Gasteiger partial charge in [0, 0.05) is 7.05 Å². The fraction of sp³-hybridized carbons (Fsp3) is 0.857. The number of carbonyl (C=O) groups excluding carboxylic acids is 1. The summed E-state index contributed by atoms with van der Waals surface area (Å²) >= 11 is 0. The molecule has 0 unspecified atom stereocenters. The molecule has 1 amide bonds. The van der Waals surface area contributed by atoms with Crippen molar-refractivity contribution in [2.45, 2.75) is 26.4 Å². The molecule has 0 atom stereocenters. The van der Waals surface area contributed by atoms with E-state index in [1.54, 1.807) is 27.8 Å². The van der Waals surface area contributed by atoms with Gasteiger partial charge in [-0.15, -0.1) is 0 Å². The third kappa shape index (κ3) is 14.1. The molecule has 6 nitrogen and oxygen atoms in total. The van der Waals surface area contributed by atoms with Crippen molar-refractivity contribution < 1.29 is 9.53 Å². The molecule has 0 radical (unpaired) electrons. The minimum absolute atomic E-state index is 0.468. The van der Waals surface area contributed by atoms with Crippen LogP contribution in [-0.2, 0) is 4.74 Å². The van der Waals surface area contributed by atoms with Gasteiger partial charge in [-0.3, -0.25) is 11.3 Å². The summed E-state index contributed by atoms with van der Waals surface area (Å²) in [5, 5.41) is 0.908. The first-order valence-corrected chi connectivity index (χ1v) is 3.83. The summed E-state index contributed by atoms with van der Waals surface area (Å²) in [6.45, 7) is 5.36. The van der Waals surface area contributed by atoms with Gasteiger partial charge in [0.2, 0.25) is 0 Å². The maximum absolute atomic E-state index is 10.7. The summed E-state index contributed by atoms with van der Waals surface area (Å²) in [4.78, 5) is 10.7. The topological polar surface area (TPSA) is 93.6 Å². The quantitative estimate of drug-likeness (QED) is 0.281. The van der Waals surface area contributed by atoms with Crippen molar-refractivity contribution in [3.05, 3.63) is 0 Å². The largest absolute Gasteiger partial charge is 0.443 e. The van der Waals surface area contributed by atoms with Crippen LogP contribution in [-0.4, -0.2) is 30.8 Å². The Morgan fingerprint density at radius 3 is 1.85 bits per heavy atom. The number of nitrogens with two attached hydrogens (primary N) is 2. The van der Waals surface area contributed by atoms with Crippen LogP contribution in [0.2, 0.25) is 0 Å². The molecule has 0 aliphatic heterocycles. The minimum Gasteiger partial charge on any atom is -0.443 e. The Labute approximate surface area is 79.1 Å². The maximum atomic E-state index is 10.7. The lowest BCUT2D eigenvalue weighted by Gasteiger charge is -2.21. The first kappa shape index (κ1) is 14.7. The predicted octanol–water partition coefficient (Wildman–Crippen LogP) is -0.193. The molecule has 0 heterocycles. The van der Waals surface area contributed by atoms with Gasteiger partial charge < -0.3 is 4.74 Å². The van der Waals surface area contributed by atoms with E-state index < -0.39 is 11.7 Å². The molecule has 0 saturated heterocycles. The number of hydrazine groups is 2. The van der Waals surface area contributed by atoms with E-state index in [1.807, 2.05) is 0 Å². The van der Waals surface area contributed by atoms with Crippen molar-refractivity contribution in [2.24, 2.45) is 11.7 Å². The molecule has 0 aromatic heterocycles. The minimum atomic E-state index is -0.521. The highest BCUT2D eigenvalue weighted by Gasteiger charge is 2.17. The molecule has 80 valence electrons. The van der Waals surface area contributed by atoms with Crippen molar-refractivity contribution in [2.75, 3.05) is 14.1 Å². The van der Waals surface area contributed by atoms with Gasteiger partial charge in [0.25, 0.3) is 0 Å². The lowest BCUT2D eigenvalue weighted by molar-refractivity contribution is 0.0297. The highest BCUT2D eigenvalue weighted by molar-refractivity contribution is 5.66. The summed E-state index contributed by atoms with van der Waals surface area (Å²) in [5.41, 5.74) is 1.78. The Bertz CT molecular complexity index is 142. The summed E-state index contributed by atoms with van der Waals surface area (Å²) in [7, 11) is 3.09. The van der Waals surface area contributed by atoms with Crippen molar-refractivity contribution >= 4 is 6.09 Å². The number of amides is 1. The number of rotatable bonds is 0. The van der Waals surface area contributed by atoms with Gasteiger partial charge in [0.15, 0.2) is 0 Å². The molecule has 13 heavy (non-hydrogen) atoms. The van der Waals surface area contributed by atoms with Crippen LogP contribution in [0.1, 0.15) is 20.8 Å². The van der Waals surface area contributed by atoms with E-state index in [2.05, 4.69) is 11.3 Å². The van der Waals surface area contributed by atoms with Crippen LogP contribution >= 0.6 is 0 Å². The Hall–Kier alpha value is -0.850. The van der Waals surface area contributed by atoms with E-state index in [0.717, 1.165) is 5.01 Å². The lowest BCUT2D eigenvalue weighted by Crippen LogP contribution is -2.38. The van der Waals surface area contributed by atoms with E-state index in [-0.39, 0.29) is 0 Å². The van der Waals surface area contributed by atoms with Gasteiger partial charge in [-0.25, -0.2) is 15.6 Å². The van der Waals surface area contributed by atoms with Crippen molar-refractivity contribution in [1.29, 1.82) is 0 Å². The molecule has 0 saturated carbocycles. The Balaban J connectivity index is 0. The third-order valence-corrected chi connectivity index (χ3v) is 0.681. The first-order valence-electron chi connectivity index (χ1n) is 3.83. The highest BCUT2D eigenvalue weighted by Crippen LogP contribution is 2.07.